The van der Waals surface area contributed by atoms with E-state index in [2.05, 4.69) is 10.6 Å². The fourth-order valence-corrected chi connectivity index (χ4v) is 2.25. The maximum absolute atomic E-state index is 12.1. The first-order chi connectivity index (χ1) is 8.74. The molecule has 98 valence electrons. The number of aliphatic hydroxyl groups excluding tert-OH is 1. The Hall–Kier alpha value is -1.55. The van der Waals surface area contributed by atoms with Crippen LogP contribution in [0, 0.1) is 0 Å². The Kier molecular flexibility index (Phi) is 4.20. The highest BCUT2D eigenvalue weighted by Crippen LogP contribution is 2.23. The van der Waals surface area contributed by atoms with Crippen LogP contribution in [-0.2, 0) is 6.42 Å². The molecule has 0 radical (unpaired) electrons. The molecular formula is C14H20N2O2. The summed E-state index contributed by atoms with van der Waals surface area (Å²) in [7, 11) is 0. The van der Waals surface area contributed by atoms with Crippen LogP contribution < -0.4 is 10.6 Å². The Labute approximate surface area is 107 Å². The van der Waals surface area contributed by atoms with Crippen molar-refractivity contribution in [3.8, 4) is 0 Å². The first-order valence-electron chi connectivity index (χ1n) is 6.53. The van der Waals surface area contributed by atoms with E-state index in [9.17, 15) is 4.79 Å². The lowest BCUT2D eigenvalue weighted by molar-refractivity contribution is 0.0929. The molecule has 1 amide bonds. The Morgan fingerprint density at radius 2 is 2.39 bits per heavy atom. The maximum atomic E-state index is 12.1. The van der Waals surface area contributed by atoms with Gasteiger partial charge in [-0.25, -0.2) is 0 Å². The highest BCUT2D eigenvalue weighted by molar-refractivity contribution is 5.95. The molecule has 4 heteroatoms. The predicted octanol–water partition coefficient (Wildman–Crippen LogP) is 1.55. The van der Waals surface area contributed by atoms with E-state index in [1.807, 2.05) is 25.1 Å². The van der Waals surface area contributed by atoms with Gasteiger partial charge in [-0.15, -0.1) is 0 Å². The van der Waals surface area contributed by atoms with Gasteiger partial charge in [0.25, 0.3) is 5.91 Å². The summed E-state index contributed by atoms with van der Waals surface area (Å²) in [6.45, 7) is 3.06. The van der Waals surface area contributed by atoms with Crippen molar-refractivity contribution >= 4 is 11.6 Å². The van der Waals surface area contributed by atoms with Crippen LogP contribution in [-0.4, -0.2) is 30.2 Å². The van der Waals surface area contributed by atoms with Gasteiger partial charge in [0.15, 0.2) is 0 Å². The summed E-state index contributed by atoms with van der Waals surface area (Å²) in [6, 6.07) is 5.81. The van der Waals surface area contributed by atoms with Crippen LogP contribution in [0.4, 0.5) is 5.69 Å². The molecule has 0 fully saturated rings. The third-order valence-corrected chi connectivity index (χ3v) is 3.38. The van der Waals surface area contributed by atoms with Crippen molar-refractivity contribution in [2.45, 2.75) is 32.2 Å². The van der Waals surface area contributed by atoms with Gasteiger partial charge in [-0.3, -0.25) is 4.79 Å². The highest BCUT2D eigenvalue weighted by Gasteiger charge is 2.15. The van der Waals surface area contributed by atoms with E-state index in [4.69, 9.17) is 5.11 Å². The Balaban J connectivity index is 2.04. The molecule has 1 heterocycles. The lowest BCUT2D eigenvalue weighted by Crippen LogP contribution is -2.35. The molecule has 1 atom stereocenters. The van der Waals surface area contributed by atoms with E-state index in [-0.39, 0.29) is 18.6 Å². The molecule has 1 aromatic carbocycles. The topological polar surface area (TPSA) is 61.4 Å². The number of hydrogen-bond donors (Lipinski definition) is 3. The summed E-state index contributed by atoms with van der Waals surface area (Å²) < 4.78 is 0. The van der Waals surface area contributed by atoms with Crippen molar-refractivity contribution in [1.82, 2.24) is 5.32 Å². The van der Waals surface area contributed by atoms with E-state index < -0.39 is 0 Å². The molecule has 0 saturated carbocycles. The van der Waals surface area contributed by atoms with Crippen LogP contribution >= 0.6 is 0 Å². The number of hydrogen-bond acceptors (Lipinski definition) is 3. The fourth-order valence-electron chi connectivity index (χ4n) is 2.25. The molecule has 0 bridgehead atoms. The molecule has 0 aromatic heterocycles. The standard InChI is InChI=1S/C14H20N2O2/c1-2-12(6-8-17)16-14(18)11-3-4-13-10(9-11)5-7-15-13/h3-4,9,12,15,17H,2,5-8H2,1H3,(H,16,18). The van der Waals surface area contributed by atoms with Crippen molar-refractivity contribution in [3.05, 3.63) is 29.3 Å². The van der Waals surface area contributed by atoms with Crippen LogP contribution in [0.1, 0.15) is 35.7 Å². The van der Waals surface area contributed by atoms with Crippen molar-refractivity contribution in [1.29, 1.82) is 0 Å². The molecule has 1 aliphatic rings. The van der Waals surface area contributed by atoms with Crippen molar-refractivity contribution < 1.29 is 9.90 Å². The van der Waals surface area contributed by atoms with Gasteiger partial charge >= 0.3 is 0 Å². The molecular weight excluding hydrogens is 228 g/mol. The molecule has 0 saturated heterocycles. The normalized spacial score (nSPS) is 14.8. The average molecular weight is 248 g/mol. The number of carbonyl (C=O) groups is 1. The molecule has 2 rings (SSSR count). The molecule has 1 aliphatic heterocycles. The van der Waals surface area contributed by atoms with Gasteiger partial charge in [0, 0.05) is 30.4 Å². The highest BCUT2D eigenvalue weighted by atomic mass is 16.3. The van der Waals surface area contributed by atoms with E-state index in [0.29, 0.717) is 12.0 Å². The van der Waals surface area contributed by atoms with Gasteiger partial charge in [-0.1, -0.05) is 6.92 Å². The van der Waals surface area contributed by atoms with E-state index >= 15 is 0 Å². The van der Waals surface area contributed by atoms with Gasteiger partial charge in [-0.05, 0) is 43.0 Å². The number of amides is 1. The van der Waals surface area contributed by atoms with Gasteiger partial charge in [0.1, 0.15) is 0 Å². The second-order valence-corrected chi connectivity index (χ2v) is 4.64. The number of anilines is 1. The number of aliphatic hydroxyl groups is 1. The summed E-state index contributed by atoms with van der Waals surface area (Å²) in [5, 5.41) is 15.1. The van der Waals surface area contributed by atoms with Crippen LogP contribution in [0.25, 0.3) is 0 Å². The minimum Gasteiger partial charge on any atom is -0.396 e. The minimum absolute atomic E-state index is 0.0499. The van der Waals surface area contributed by atoms with Gasteiger partial charge in [-0.2, -0.15) is 0 Å². The number of carbonyl (C=O) groups excluding carboxylic acids is 1. The molecule has 0 spiro atoms. The molecule has 1 unspecified atom stereocenters. The zero-order valence-electron chi connectivity index (χ0n) is 10.7. The molecule has 18 heavy (non-hydrogen) atoms. The summed E-state index contributed by atoms with van der Waals surface area (Å²) >= 11 is 0. The van der Waals surface area contributed by atoms with Crippen molar-refractivity contribution in [3.63, 3.8) is 0 Å². The third-order valence-electron chi connectivity index (χ3n) is 3.38. The quantitative estimate of drug-likeness (QED) is 0.741. The zero-order chi connectivity index (χ0) is 13.0. The van der Waals surface area contributed by atoms with Crippen LogP contribution in [0.5, 0.6) is 0 Å². The largest absolute Gasteiger partial charge is 0.396 e. The van der Waals surface area contributed by atoms with Gasteiger partial charge in [0.2, 0.25) is 0 Å². The zero-order valence-corrected chi connectivity index (χ0v) is 10.7. The summed E-state index contributed by atoms with van der Waals surface area (Å²) in [4.78, 5) is 12.1. The number of rotatable bonds is 5. The first-order valence-corrected chi connectivity index (χ1v) is 6.53. The van der Waals surface area contributed by atoms with Crippen LogP contribution in [0.3, 0.4) is 0 Å². The second kappa shape index (κ2) is 5.87. The molecule has 1 aromatic rings. The monoisotopic (exact) mass is 248 g/mol. The maximum Gasteiger partial charge on any atom is 0.251 e. The van der Waals surface area contributed by atoms with E-state index in [1.165, 1.54) is 5.56 Å². The molecule has 0 aliphatic carbocycles. The lowest BCUT2D eigenvalue weighted by atomic mass is 10.1. The smallest absolute Gasteiger partial charge is 0.251 e. The lowest BCUT2D eigenvalue weighted by Gasteiger charge is -2.16. The second-order valence-electron chi connectivity index (χ2n) is 4.64. The summed E-state index contributed by atoms with van der Waals surface area (Å²) in [5.74, 6) is -0.0509. The minimum atomic E-state index is -0.0509. The third kappa shape index (κ3) is 2.82. The van der Waals surface area contributed by atoms with Crippen molar-refractivity contribution in [2.75, 3.05) is 18.5 Å². The molecule has 3 N–H and O–H groups in total. The number of fused-ring (bicyclic) bond motifs is 1. The van der Waals surface area contributed by atoms with Gasteiger partial charge < -0.3 is 15.7 Å². The Morgan fingerprint density at radius 3 is 3.11 bits per heavy atom. The van der Waals surface area contributed by atoms with E-state index in [1.54, 1.807) is 0 Å². The number of benzene rings is 1. The van der Waals surface area contributed by atoms with Crippen molar-refractivity contribution in [2.24, 2.45) is 0 Å². The summed E-state index contributed by atoms with van der Waals surface area (Å²) in [6.07, 6.45) is 2.41. The van der Waals surface area contributed by atoms with E-state index in [0.717, 1.165) is 25.1 Å². The fraction of sp³-hybridized carbons (Fsp3) is 0.500. The van der Waals surface area contributed by atoms with Gasteiger partial charge in [0.05, 0.1) is 0 Å². The average Bonchev–Trinajstić information content (AvgIpc) is 2.85. The Bertz CT molecular complexity index is 432. The summed E-state index contributed by atoms with van der Waals surface area (Å²) in [5.41, 5.74) is 3.04. The predicted molar refractivity (Wildman–Crippen MR) is 71.9 cm³/mol. The number of nitrogens with one attached hydrogen (secondary N) is 2. The Morgan fingerprint density at radius 1 is 1.56 bits per heavy atom. The van der Waals surface area contributed by atoms with Crippen LogP contribution in [0.15, 0.2) is 18.2 Å². The molecule has 4 nitrogen and oxygen atoms in total. The SMILES string of the molecule is CCC(CCO)NC(=O)c1ccc2c(c1)CCN2. The first kappa shape index (κ1) is 12.9. The van der Waals surface area contributed by atoms with Crippen LogP contribution in [0.2, 0.25) is 0 Å².